The first-order valence-electron chi connectivity index (χ1n) is 20.3. The van der Waals surface area contributed by atoms with E-state index in [0.717, 1.165) is 23.4 Å². The standard InChI is InChI=1S/C45H49F3N9O5P/c1-44(2,3)38-27-39(57(55-38)33-10-8-9-29(23-33)28-63(4,5)60)53-43(59)52-36-13-14-37(35-12-7-6-11-34(35)36)62-40-15-16-50-42(54-40)51-32-25-30(24-31(26-32)45(46,47)48)41(58)49-17-18-56-19-21-61-22-20-56/h6-16,23-27H,17-22,28H2,1-5H3,(H,49,58)(H,50,51,54)(H2,52,53,59). The molecule has 14 nitrogen and oxygen atoms in total. The van der Waals surface area contributed by atoms with E-state index in [0.29, 0.717) is 72.7 Å². The number of rotatable bonds is 13. The molecule has 7 rings (SSSR count). The van der Waals surface area contributed by atoms with Crippen LogP contribution in [-0.4, -0.2) is 89.3 Å². The summed E-state index contributed by atoms with van der Waals surface area (Å²) in [6.07, 6.45) is -2.91. The monoisotopic (exact) mass is 883 g/mol. The quantitative estimate of drug-likeness (QED) is 0.0822. The fraction of sp³-hybridized carbons (Fsp3) is 0.311. The Morgan fingerprint density at radius 2 is 1.65 bits per heavy atom. The molecule has 0 aliphatic carbocycles. The van der Waals surface area contributed by atoms with Crippen LogP contribution in [0.25, 0.3) is 16.5 Å². The van der Waals surface area contributed by atoms with Crippen LogP contribution in [0.2, 0.25) is 0 Å². The molecule has 0 atom stereocenters. The van der Waals surface area contributed by atoms with Crippen LogP contribution in [0, 0.1) is 0 Å². The number of aromatic nitrogens is 4. The van der Waals surface area contributed by atoms with Crippen molar-refractivity contribution in [3.05, 3.63) is 120 Å². The van der Waals surface area contributed by atoms with E-state index >= 15 is 0 Å². The number of nitrogens with zero attached hydrogens (tertiary/aromatic N) is 5. The number of carbonyl (C=O) groups excluding carboxylic acids is 2. The van der Waals surface area contributed by atoms with Gasteiger partial charge in [0.05, 0.1) is 43.0 Å². The second-order valence-corrected chi connectivity index (χ2v) is 20.1. The summed E-state index contributed by atoms with van der Waals surface area (Å²) in [5.41, 5.74) is 1.28. The lowest BCUT2D eigenvalue weighted by atomic mass is 9.92. The fourth-order valence-electron chi connectivity index (χ4n) is 6.95. The number of fused-ring (bicyclic) bond motifs is 1. The van der Waals surface area contributed by atoms with Crippen LogP contribution in [0.4, 0.5) is 41.1 Å². The van der Waals surface area contributed by atoms with Crippen molar-refractivity contribution < 1.29 is 36.8 Å². The highest BCUT2D eigenvalue weighted by Gasteiger charge is 2.32. The summed E-state index contributed by atoms with van der Waals surface area (Å²) >= 11 is 0. The molecular formula is C45H49F3N9O5P. The molecule has 3 amide bonds. The van der Waals surface area contributed by atoms with Crippen molar-refractivity contribution in [2.75, 3.05) is 68.7 Å². The third-order valence-electron chi connectivity index (χ3n) is 10.0. The zero-order chi connectivity index (χ0) is 44.9. The number of anilines is 4. The molecule has 18 heteroatoms. The van der Waals surface area contributed by atoms with E-state index in [9.17, 15) is 27.3 Å². The predicted octanol–water partition coefficient (Wildman–Crippen LogP) is 9.50. The summed E-state index contributed by atoms with van der Waals surface area (Å²) in [5.74, 6) is 0.181. The molecule has 0 spiro atoms. The van der Waals surface area contributed by atoms with Crippen molar-refractivity contribution in [1.82, 2.24) is 30.0 Å². The first-order chi connectivity index (χ1) is 29.9. The van der Waals surface area contributed by atoms with Crippen LogP contribution in [0.15, 0.2) is 97.2 Å². The second-order valence-electron chi connectivity index (χ2n) is 16.7. The van der Waals surface area contributed by atoms with Crippen LogP contribution in [0.1, 0.15) is 48.0 Å². The number of carbonyl (C=O) groups is 2. The Morgan fingerprint density at radius 1 is 0.889 bits per heavy atom. The molecule has 1 aliphatic rings. The lowest BCUT2D eigenvalue weighted by molar-refractivity contribution is -0.137. The van der Waals surface area contributed by atoms with Crippen molar-refractivity contribution in [3.8, 4) is 17.3 Å². The number of benzene rings is 4. The Morgan fingerprint density at radius 3 is 2.38 bits per heavy atom. The van der Waals surface area contributed by atoms with Crippen LogP contribution >= 0.6 is 7.14 Å². The van der Waals surface area contributed by atoms with E-state index < -0.39 is 30.8 Å². The van der Waals surface area contributed by atoms with Gasteiger partial charge in [0.25, 0.3) is 5.91 Å². The van der Waals surface area contributed by atoms with Crippen molar-refractivity contribution in [1.29, 1.82) is 0 Å². The van der Waals surface area contributed by atoms with E-state index in [-0.39, 0.29) is 35.0 Å². The Kier molecular flexibility index (Phi) is 13.2. The molecular weight excluding hydrogens is 835 g/mol. The minimum atomic E-state index is -4.72. The number of ether oxygens (including phenoxy) is 2. The van der Waals surface area contributed by atoms with Gasteiger partial charge in [-0.2, -0.15) is 23.3 Å². The van der Waals surface area contributed by atoms with Gasteiger partial charge in [0.2, 0.25) is 11.8 Å². The maximum Gasteiger partial charge on any atom is 0.416 e. The minimum absolute atomic E-state index is 0.0462. The number of hydrogen-bond acceptors (Lipinski definition) is 10. The topological polar surface area (TPSA) is 165 Å². The van der Waals surface area contributed by atoms with Crippen molar-refractivity contribution in [2.45, 2.75) is 38.5 Å². The summed E-state index contributed by atoms with van der Waals surface area (Å²) < 4.78 is 67.7. The number of urea groups is 1. The summed E-state index contributed by atoms with van der Waals surface area (Å²) in [6, 6.07) is 24.0. The predicted molar refractivity (Wildman–Crippen MR) is 238 cm³/mol. The molecule has 0 unspecified atom stereocenters. The number of hydrogen-bond donors (Lipinski definition) is 4. The average molecular weight is 884 g/mol. The molecule has 2 aromatic heterocycles. The molecule has 1 fully saturated rings. The van der Waals surface area contributed by atoms with Gasteiger partial charge in [-0.15, -0.1) is 0 Å². The molecule has 63 heavy (non-hydrogen) atoms. The summed E-state index contributed by atoms with van der Waals surface area (Å²) in [7, 11) is -2.34. The molecule has 1 saturated heterocycles. The Bertz CT molecular complexity index is 2670. The Balaban J connectivity index is 1.07. The molecule has 4 aromatic carbocycles. The third kappa shape index (κ3) is 11.8. The number of alkyl halides is 3. The van der Waals surface area contributed by atoms with Crippen molar-refractivity contribution in [2.24, 2.45) is 0 Å². The largest absolute Gasteiger partial charge is 0.438 e. The molecule has 0 radical (unpaired) electrons. The smallest absolute Gasteiger partial charge is 0.416 e. The first kappa shape index (κ1) is 44.8. The second kappa shape index (κ2) is 18.6. The minimum Gasteiger partial charge on any atom is -0.438 e. The molecule has 0 bridgehead atoms. The molecule has 3 heterocycles. The van der Waals surface area contributed by atoms with Gasteiger partial charge in [0.15, 0.2) is 0 Å². The van der Waals surface area contributed by atoms with Gasteiger partial charge in [-0.05, 0) is 61.4 Å². The number of morpholine rings is 1. The zero-order valence-electron chi connectivity index (χ0n) is 35.5. The van der Waals surface area contributed by atoms with E-state index in [4.69, 9.17) is 14.6 Å². The average Bonchev–Trinajstić information content (AvgIpc) is 3.66. The summed E-state index contributed by atoms with van der Waals surface area (Å²) in [4.78, 5) is 37.4. The molecule has 1 aliphatic heterocycles. The first-order valence-corrected chi connectivity index (χ1v) is 23.1. The molecule has 4 N–H and O–H groups in total. The maximum atomic E-state index is 14.0. The highest BCUT2D eigenvalue weighted by Crippen LogP contribution is 2.41. The van der Waals surface area contributed by atoms with Crippen LogP contribution in [0.3, 0.4) is 0 Å². The lowest BCUT2D eigenvalue weighted by Gasteiger charge is -2.26. The SMILES string of the molecule is CC(C)(C)c1cc(NC(=O)Nc2ccc(Oc3ccnc(Nc4cc(C(=O)NCCN5CCOCC5)cc(C(F)(F)F)c4)n3)c3ccccc23)n(-c2cccc(CP(C)(C)=O)c2)n1. The highest BCUT2D eigenvalue weighted by molar-refractivity contribution is 7.61. The van der Waals surface area contributed by atoms with E-state index in [2.05, 4.69) is 36.1 Å². The van der Waals surface area contributed by atoms with E-state index in [1.165, 1.54) is 18.3 Å². The maximum absolute atomic E-state index is 14.0. The van der Waals surface area contributed by atoms with Gasteiger partial charge in [-0.3, -0.25) is 15.0 Å². The van der Waals surface area contributed by atoms with Crippen LogP contribution in [0.5, 0.6) is 11.6 Å². The number of nitrogens with one attached hydrogen (secondary N) is 4. The van der Waals surface area contributed by atoms with Gasteiger partial charge in [-0.1, -0.05) is 57.2 Å². The summed E-state index contributed by atoms with van der Waals surface area (Å²) in [6.45, 7) is 13.0. The van der Waals surface area contributed by atoms with Crippen molar-refractivity contribution >= 4 is 53.0 Å². The lowest BCUT2D eigenvalue weighted by Crippen LogP contribution is -2.41. The molecule has 330 valence electrons. The fourth-order valence-corrected chi connectivity index (χ4v) is 8.02. The Hall–Kier alpha value is -6.29. The number of halogens is 3. The zero-order valence-corrected chi connectivity index (χ0v) is 36.4. The van der Waals surface area contributed by atoms with Crippen molar-refractivity contribution in [3.63, 3.8) is 0 Å². The van der Waals surface area contributed by atoms with Gasteiger partial charge < -0.3 is 30.0 Å². The summed E-state index contributed by atoms with van der Waals surface area (Å²) in [5, 5.41) is 17.5. The third-order valence-corrected chi connectivity index (χ3v) is 11.1. The molecule has 6 aromatic rings. The highest BCUT2D eigenvalue weighted by atomic mass is 31.2. The normalized spacial score (nSPS) is 13.7. The van der Waals surface area contributed by atoms with E-state index in [1.807, 2.05) is 75.4 Å². The van der Waals surface area contributed by atoms with Gasteiger partial charge in [0, 0.05) is 78.1 Å². The van der Waals surface area contributed by atoms with E-state index in [1.54, 1.807) is 30.1 Å². The Labute approximate surface area is 363 Å². The molecule has 0 saturated carbocycles. The van der Waals surface area contributed by atoms with Crippen LogP contribution < -0.4 is 26.0 Å². The van der Waals surface area contributed by atoms with Crippen LogP contribution in [-0.2, 0) is 27.1 Å². The number of amides is 3. The van der Waals surface area contributed by atoms with Gasteiger partial charge in [0.1, 0.15) is 11.6 Å². The van der Waals surface area contributed by atoms with Gasteiger partial charge in [-0.25, -0.2) is 14.5 Å². The van der Waals surface area contributed by atoms with Gasteiger partial charge >= 0.3 is 12.2 Å².